The molecule has 1 aromatic rings. The molecule has 0 radical (unpaired) electrons. The third-order valence-electron chi connectivity index (χ3n) is 2.53. The van der Waals surface area contributed by atoms with Crippen molar-refractivity contribution in [3.63, 3.8) is 0 Å². The van der Waals surface area contributed by atoms with Crippen LogP contribution >= 0.6 is 15.9 Å². The van der Waals surface area contributed by atoms with E-state index in [2.05, 4.69) is 15.9 Å². The number of halogens is 1. The Hall–Kier alpha value is -1.03. The van der Waals surface area contributed by atoms with Gasteiger partial charge in [-0.1, -0.05) is 22.9 Å². The number of benzene rings is 1. The number of anilines is 1. The van der Waals surface area contributed by atoms with Gasteiger partial charge < -0.3 is 9.64 Å². The van der Waals surface area contributed by atoms with Crippen molar-refractivity contribution < 1.29 is 9.53 Å². The lowest BCUT2D eigenvalue weighted by molar-refractivity contribution is -0.126. The highest BCUT2D eigenvalue weighted by Crippen LogP contribution is 2.35. The standard InChI is InChI=1S/C11H12BrNO2/c1-3-9-11(14)13(2)8-6-7(12)4-5-10(8)15-9/h4-6,9H,3H2,1-2H3. The summed E-state index contributed by atoms with van der Waals surface area (Å²) in [5.41, 5.74) is 0.819. The van der Waals surface area contributed by atoms with Crippen LogP contribution in [0.25, 0.3) is 0 Å². The molecule has 1 heterocycles. The Morgan fingerprint density at radius 3 is 2.93 bits per heavy atom. The molecule has 0 fully saturated rings. The van der Waals surface area contributed by atoms with Crippen molar-refractivity contribution >= 4 is 27.5 Å². The zero-order chi connectivity index (χ0) is 11.0. The number of rotatable bonds is 1. The van der Waals surface area contributed by atoms with Crippen LogP contribution in [0.3, 0.4) is 0 Å². The molecule has 1 aromatic carbocycles. The van der Waals surface area contributed by atoms with Crippen LogP contribution in [0.4, 0.5) is 5.69 Å². The first-order chi connectivity index (χ1) is 7.13. The minimum Gasteiger partial charge on any atom is -0.478 e. The van der Waals surface area contributed by atoms with Crippen LogP contribution in [0.5, 0.6) is 5.75 Å². The molecule has 4 heteroatoms. The number of fused-ring (bicyclic) bond motifs is 1. The van der Waals surface area contributed by atoms with E-state index < -0.39 is 0 Å². The van der Waals surface area contributed by atoms with E-state index in [1.807, 2.05) is 25.1 Å². The van der Waals surface area contributed by atoms with Gasteiger partial charge in [0.05, 0.1) is 5.69 Å². The van der Waals surface area contributed by atoms with Crippen LogP contribution in [-0.2, 0) is 4.79 Å². The summed E-state index contributed by atoms with van der Waals surface area (Å²) in [6.07, 6.45) is 0.349. The van der Waals surface area contributed by atoms with E-state index in [1.54, 1.807) is 11.9 Å². The average Bonchev–Trinajstić information content (AvgIpc) is 2.24. The number of likely N-dealkylation sites (N-methyl/N-ethyl adjacent to an activating group) is 1. The molecule has 1 amide bonds. The highest BCUT2D eigenvalue weighted by Gasteiger charge is 2.30. The van der Waals surface area contributed by atoms with Crippen LogP contribution in [0.15, 0.2) is 22.7 Å². The molecule has 0 aromatic heterocycles. The van der Waals surface area contributed by atoms with Gasteiger partial charge >= 0.3 is 0 Å². The first kappa shape index (κ1) is 10.5. The van der Waals surface area contributed by atoms with Crippen molar-refractivity contribution in [3.05, 3.63) is 22.7 Å². The van der Waals surface area contributed by atoms with Crippen molar-refractivity contribution in [2.24, 2.45) is 0 Å². The lowest BCUT2D eigenvalue weighted by Gasteiger charge is -2.31. The number of hydrogen-bond donors (Lipinski definition) is 0. The Balaban J connectivity index is 2.45. The summed E-state index contributed by atoms with van der Waals surface area (Å²) in [6, 6.07) is 5.68. The molecule has 0 bridgehead atoms. The van der Waals surface area contributed by atoms with Crippen molar-refractivity contribution in [1.29, 1.82) is 0 Å². The van der Waals surface area contributed by atoms with Gasteiger partial charge in [0.15, 0.2) is 6.10 Å². The fourth-order valence-electron chi connectivity index (χ4n) is 1.65. The van der Waals surface area contributed by atoms with Gasteiger partial charge in [-0.15, -0.1) is 0 Å². The Morgan fingerprint density at radius 1 is 1.53 bits per heavy atom. The lowest BCUT2D eigenvalue weighted by atomic mass is 10.1. The summed E-state index contributed by atoms with van der Waals surface area (Å²) >= 11 is 3.38. The molecule has 1 unspecified atom stereocenters. The van der Waals surface area contributed by atoms with E-state index in [9.17, 15) is 4.79 Å². The maximum atomic E-state index is 11.8. The largest absolute Gasteiger partial charge is 0.478 e. The molecule has 0 aliphatic carbocycles. The van der Waals surface area contributed by atoms with Crippen molar-refractivity contribution in [2.45, 2.75) is 19.4 Å². The molecule has 80 valence electrons. The van der Waals surface area contributed by atoms with Gasteiger partial charge in [0.1, 0.15) is 5.75 Å². The van der Waals surface area contributed by atoms with Crippen molar-refractivity contribution in [3.8, 4) is 5.75 Å². The smallest absolute Gasteiger partial charge is 0.267 e. The highest BCUT2D eigenvalue weighted by molar-refractivity contribution is 9.10. The maximum Gasteiger partial charge on any atom is 0.267 e. The van der Waals surface area contributed by atoms with E-state index in [4.69, 9.17) is 4.74 Å². The topological polar surface area (TPSA) is 29.5 Å². The number of hydrogen-bond acceptors (Lipinski definition) is 2. The maximum absolute atomic E-state index is 11.8. The van der Waals surface area contributed by atoms with Gasteiger partial charge in [-0.25, -0.2) is 0 Å². The summed E-state index contributed by atoms with van der Waals surface area (Å²) in [5, 5.41) is 0. The molecular weight excluding hydrogens is 258 g/mol. The van der Waals surface area contributed by atoms with E-state index in [0.717, 1.165) is 15.9 Å². The number of nitrogens with zero attached hydrogens (tertiary/aromatic N) is 1. The van der Waals surface area contributed by atoms with E-state index in [1.165, 1.54) is 0 Å². The normalized spacial score (nSPS) is 19.8. The van der Waals surface area contributed by atoms with Crippen molar-refractivity contribution in [1.82, 2.24) is 0 Å². The molecule has 1 aliphatic heterocycles. The molecule has 1 aliphatic rings. The summed E-state index contributed by atoms with van der Waals surface area (Å²) in [7, 11) is 1.78. The second-order valence-electron chi connectivity index (χ2n) is 3.52. The lowest BCUT2D eigenvalue weighted by Crippen LogP contribution is -2.43. The molecule has 2 rings (SSSR count). The van der Waals surface area contributed by atoms with Crippen LogP contribution in [0, 0.1) is 0 Å². The highest BCUT2D eigenvalue weighted by atomic mass is 79.9. The third kappa shape index (κ3) is 1.74. The number of amides is 1. The molecule has 0 spiro atoms. The SMILES string of the molecule is CCC1Oc2ccc(Br)cc2N(C)C1=O. The summed E-state index contributed by atoms with van der Waals surface area (Å²) in [5.74, 6) is 0.787. The van der Waals surface area contributed by atoms with Gasteiger partial charge in [-0.05, 0) is 24.6 Å². The van der Waals surface area contributed by atoms with E-state index in [0.29, 0.717) is 6.42 Å². The fraction of sp³-hybridized carbons (Fsp3) is 0.364. The summed E-state index contributed by atoms with van der Waals surface area (Å²) in [4.78, 5) is 13.5. The Kier molecular flexibility index (Phi) is 2.69. The summed E-state index contributed by atoms with van der Waals surface area (Å²) < 4.78 is 6.55. The first-order valence-electron chi connectivity index (χ1n) is 4.87. The zero-order valence-electron chi connectivity index (χ0n) is 8.66. The predicted molar refractivity (Wildman–Crippen MR) is 62.3 cm³/mol. The van der Waals surface area contributed by atoms with E-state index >= 15 is 0 Å². The van der Waals surface area contributed by atoms with Gasteiger partial charge in [0.2, 0.25) is 0 Å². The fourth-order valence-corrected chi connectivity index (χ4v) is 2.00. The number of ether oxygens (including phenoxy) is 1. The van der Waals surface area contributed by atoms with Gasteiger partial charge in [-0.3, -0.25) is 4.79 Å². The second kappa shape index (κ2) is 3.85. The molecule has 3 nitrogen and oxygen atoms in total. The molecule has 0 N–H and O–H groups in total. The molecular formula is C11H12BrNO2. The summed E-state index contributed by atoms with van der Waals surface area (Å²) in [6.45, 7) is 1.94. The number of carbonyl (C=O) groups is 1. The minimum atomic E-state index is -0.344. The van der Waals surface area contributed by atoms with Crippen LogP contribution in [0.2, 0.25) is 0 Å². The monoisotopic (exact) mass is 269 g/mol. The van der Waals surface area contributed by atoms with Crippen LogP contribution in [-0.4, -0.2) is 19.1 Å². The molecule has 0 saturated carbocycles. The second-order valence-corrected chi connectivity index (χ2v) is 4.44. The molecule has 15 heavy (non-hydrogen) atoms. The Bertz CT molecular complexity index is 406. The third-order valence-corrected chi connectivity index (χ3v) is 3.02. The van der Waals surface area contributed by atoms with E-state index in [-0.39, 0.29) is 12.0 Å². The van der Waals surface area contributed by atoms with Gasteiger partial charge in [0.25, 0.3) is 5.91 Å². The average molecular weight is 270 g/mol. The van der Waals surface area contributed by atoms with Crippen LogP contribution < -0.4 is 9.64 Å². The van der Waals surface area contributed by atoms with Crippen LogP contribution in [0.1, 0.15) is 13.3 Å². The van der Waals surface area contributed by atoms with Gasteiger partial charge in [-0.2, -0.15) is 0 Å². The Morgan fingerprint density at radius 2 is 2.27 bits per heavy atom. The predicted octanol–water partition coefficient (Wildman–Crippen LogP) is 2.58. The number of carbonyl (C=O) groups excluding carboxylic acids is 1. The quantitative estimate of drug-likeness (QED) is 0.785. The zero-order valence-corrected chi connectivity index (χ0v) is 10.2. The van der Waals surface area contributed by atoms with Crippen molar-refractivity contribution in [2.75, 3.05) is 11.9 Å². The Labute approximate surface area is 97.2 Å². The minimum absolute atomic E-state index is 0.0168. The van der Waals surface area contributed by atoms with Gasteiger partial charge in [0, 0.05) is 11.5 Å². The first-order valence-corrected chi connectivity index (χ1v) is 5.66. The molecule has 0 saturated heterocycles. The molecule has 1 atom stereocenters.